The van der Waals surface area contributed by atoms with Gasteiger partial charge in [0.2, 0.25) is 0 Å². The highest BCUT2D eigenvalue weighted by molar-refractivity contribution is 6.31. The van der Waals surface area contributed by atoms with Crippen molar-refractivity contribution in [3.63, 3.8) is 0 Å². The van der Waals surface area contributed by atoms with E-state index in [0.717, 1.165) is 0 Å². The molecule has 1 aromatic heterocycles. The van der Waals surface area contributed by atoms with Crippen LogP contribution >= 0.6 is 11.6 Å². The number of aliphatic hydroxyl groups excluding tert-OH is 2. The van der Waals surface area contributed by atoms with Gasteiger partial charge >= 0.3 is 5.63 Å². The quantitative estimate of drug-likeness (QED) is 0.600. The van der Waals surface area contributed by atoms with Crippen LogP contribution in [0.3, 0.4) is 0 Å². The molecule has 7 heteroatoms. The first kappa shape index (κ1) is 14.6. The second-order valence-corrected chi connectivity index (χ2v) is 4.52. The standard InChI is InChI=1S/C13H15ClN2O4/c14-8-1-2-10-9(7-8)11(15-3-5-17)12(13(19)20-10)16-4-6-18/h1-2,7,15-18H,3-6H2. The number of halogens is 1. The topological polar surface area (TPSA) is 94.7 Å². The molecule has 0 unspecified atom stereocenters. The molecular formula is C13H15ClN2O4. The SMILES string of the molecule is O=c1oc2ccc(Cl)cc2c(NCCO)c1NCCO. The number of fused-ring (bicyclic) bond motifs is 1. The third-order valence-electron chi connectivity index (χ3n) is 2.69. The largest absolute Gasteiger partial charge is 0.421 e. The molecule has 2 aromatic rings. The lowest BCUT2D eigenvalue weighted by Crippen LogP contribution is -2.18. The molecule has 20 heavy (non-hydrogen) atoms. The fourth-order valence-corrected chi connectivity index (χ4v) is 2.05. The summed E-state index contributed by atoms with van der Waals surface area (Å²) >= 11 is 5.96. The van der Waals surface area contributed by atoms with Crippen LogP contribution in [0.1, 0.15) is 0 Å². The molecule has 0 bridgehead atoms. The molecule has 0 aliphatic carbocycles. The minimum Gasteiger partial charge on any atom is -0.421 e. The Bertz CT molecular complexity index is 657. The van der Waals surface area contributed by atoms with Gasteiger partial charge in [0.15, 0.2) is 0 Å². The number of hydrogen-bond donors (Lipinski definition) is 4. The lowest BCUT2D eigenvalue weighted by molar-refractivity contribution is 0.310. The molecule has 0 aliphatic heterocycles. The molecule has 0 saturated heterocycles. The van der Waals surface area contributed by atoms with E-state index in [2.05, 4.69) is 10.6 Å². The van der Waals surface area contributed by atoms with E-state index in [1.54, 1.807) is 18.2 Å². The van der Waals surface area contributed by atoms with Gasteiger partial charge in [0.1, 0.15) is 11.3 Å². The highest BCUT2D eigenvalue weighted by Crippen LogP contribution is 2.30. The van der Waals surface area contributed by atoms with E-state index in [9.17, 15) is 4.79 Å². The fraction of sp³-hybridized carbons (Fsp3) is 0.308. The van der Waals surface area contributed by atoms with Crippen molar-refractivity contribution in [1.82, 2.24) is 0 Å². The van der Waals surface area contributed by atoms with Gasteiger partial charge in [-0.2, -0.15) is 0 Å². The molecule has 2 rings (SSSR count). The molecule has 6 nitrogen and oxygen atoms in total. The van der Waals surface area contributed by atoms with E-state index in [1.807, 2.05) is 0 Å². The number of aliphatic hydroxyl groups is 2. The zero-order valence-corrected chi connectivity index (χ0v) is 11.4. The van der Waals surface area contributed by atoms with Crippen molar-refractivity contribution >= 4 is 33.9 Å². The minimum absolute atomic E-state index is 0.0816. The second-order valence-electron chi connectivity index (χ2n) is 4.08. The summed E-state index contributed by atoms with van der Waals surface area (Å²) in [6.45, 7) is 0.289. The van der Waals surface area contributed by atoms with E-state index < -0.39 is 5.63 Å². The molecule has 0 spiro atoms. The first-order valence-electron chi connectivity index (χ1n) is 6.13. The van der Waals surface area contributed by atoms with Crippen LogP contribution in [-0.4, -0.2) is 36.5 Å². The first-order chi connectivity index (χ1) is 9.67. The van der Waals surface area contributed by atoms with Crippen molar-refractivity contribution in [3.05, 3.63) is 33.6 Å². The summed E-state index contributed by atoms with van der Waals surface area (Å²) < 4.78 is 5.20. The van der Waals surface area contributed by atoms with Gasteiger partial charge in [-0.15, -0.1) is 0 Å². The minimum atomic E-state index is -0.547. The fourth-order valence-electron chi connectivity index (χ4n) is 1.88. The van der Waals surface area contributed by atoms with Gasteiger partial charge in [-0.1, -0.05) is 11.6 Å². The summed E-state index contributed by atoms with van der Waals surface area (Å²) in [5.74, 6) is 0. The molecule has 108 valence electrons. The van der Waals surface area contributed by atoms with Gasteiger partial charge in [-0.05, 0) is 18.2 Å². The van der Waals surface area contributed by atoms with E-state index in [0.29, 0.717) is 21.7 Å². The Labute approximate surface area is 120 Å². The summed E-state index contributed by atoms with van der Waals surface area (Å²) in [4.78, 5) is 12.0. The van der Waals surface area contributed by atoms with Crippen LogP contribution in [0.25, 0.3) is 11.0 Å². The van der Waals surface area contributed by atoms with E-state index in [-0.39, 0.29) is 32.0 Å². The summed E-state index contributed by atoms with van der Waals surface area (Å²) in [7, 11) is 0. The average Bonchev–Trinajstić information content (AvgIpc) is 2.44. The summed E-state index contributed by atoms with van der Waals surface area (Å²) in [6.07, 6.45) is 0. The van der Waals surface area contributed by atoms with Crippen molar-refractivity contribution < 1.29 is 14.6 Å². The summed E-state index contributed by atoms with van der Waals surface area (Å²) in [6, 6.07) is 4.91. The molecule has 0 atom stereocenters. The lowest BCUT2D eigenvalue weighted by Gasteiger charge is -2.14. The Morgan fingerprint density at radius 2 is 1.75 bits per heavy atom. The number of nitrogens with one attached hydrogen (secondary N) is 2. The highest BCUT2D eigenvalue weighted by Gasteiger charge is 2.14. The number of benzene rings is 1. The van der Waals surface area contributed by atoms with E-state index >= 15 is 0 Å². The van der Waals surface area contributed by atoms with Crippen LogP contribution in [0, 0.1) is 0 Å². The molecule has 1 aromatic carbocycles. The van der Waals surface area contributed by atoms with Crippen LogP contribution in [-0.2, 0) is 0 Å². The van der Waals surface area contributed by atoms with Gasteiger partial charge < -0.3 is 25.3 Å². The zero-order chi connectivity index (χ0) is 14.5. The lowest BCUT2D eigenvalue weighted by atomic mass is 10.2. The monoisotopic (exact) mass is 298 g/mol. The second kappa shape index (κ2) is 6.60. The number of hydrogen-bond acceptors (Lipinski definition) is 6. The molecular weight excluding hydrogens is 284 g/mol. The van der Waals surface area contributed by atoms with Crippen LogP contribution in [0.5, 0.6) is 0 Å². The van der Waals surface area contributed by atoms with Gasteiger partial charge in [0.25, 0.3) is 0 Å². The Balaban J connectivity index is 2.61. The molecule has 1 heterocycles. The van der Waals surface area contributed by atoms with Gasteiger partial charge in [0, 0.05) is 23.5 Å². The van der Waals surface area contributed by atoms with Crippen molar-refractivity contribution in [1.29, 1.82) is 0 Å². The maximum Gasteiger partial charge on any atom is 0.362 e. The third-order valence-corrected chi connectivity index (χ3v) is 2.93. The summed E-state index contributed by atoms with van der Waals surface area (Å²) in [5.41, 5.74) is 0.562. The predicted molar refractivity (Wildman–Crippen MR) is 78.6 cm³/mol. The van der Waals surface area contributed by atoms with Crippen molar-refractivity contribution in [2.24, 2.45) is 0 Å². The van der Waals surface area contributed by atoms with Crippen LogP contribution < -0.4 is 16.3 Å². The molecule has 0 radical (unpaired) electrons. The van der Waals surface area contributed by atoms with Gasteiger partial charge in [0.05, 0.1) is 18.9 Å². The van der Waals surface area contributed by atoms with Crippen molar-refractivity contribution in [3.8, 4) is 0 Å². The highest BCUT2D eigenvalue weighted by atomic mass is 35.5. The van der Waals surface area contributed by atoms with Crippen LogP contribution in [0.15, 0.2) is 27.4 Å². The smallest absolute Gasteiger partial charge is 0.362 e. The maximum atomic E-state index is 12.0. The normalized spacial score (nSPS) is 10.8. The van der Waals surface area contributed by atoms with Crippen molar-refractivity contribution in [2.75, 3.05) is 36.9 Å². The van der Waals surface area contributed by atoms with Crippen LogP contribution in [0.4, 0.5) is 11.4 Å². The Morgan fingerprint density at radius 3 is 2.40 bits per heavy atom. The molecule has 0 saturated carbocycles. The Kier molecular flexibility index (Phi) is 4.84. The van der Waals surface area contributed by atoms with Gasteiger partial charge in [-0.25, -0.2) is 4.79 Å². The average molecular weight is 299 g/mol. The van der Waals surface area contributed by atoms with Crippen LogP contribution in [0.2, 0.25) is 5.02 Å². The van der Waals surface area contributed by atoms with Gasteiger partial charge in [-0.3, -0.25) is 0 Å². The maximum absolute atomic E-state index is 12.0. The number of rotatable bonds is 6. The van der Waals surface area contributed by atoms with E-state index in [4.69, 9.17) is 26.2 Å². The molecule has 0 fully saturated rings. The third kappa shape index (κ3) is 3.04. The molecule has 4 N–H and O–H groups in total. The zero-order valence-electron chi connectivity index (χ0n) is 10.6. The summed E-state index contributed by atoms with van der Waals surface area (Å²) in [5, 5.41) is 24.7. The predicted octanol–water partition coefficient (Wildman–Crippen LogP) is 1.25. The van der Waals surface area contributed by atoms with Crippen molar-refractivity contribution in [2.45, 2.75) is 0 Å². The number of anilines is 2. The Morgan fingerprint density at radius 1 is 1.10 bits per heavy atom. The first-order valence-corrected chi connectivity index (χ1v) is 6.51. The Hall–Kier alpha value is -1.76. The van der Waals surface area contributed by atoms with E-state index in [1.165, 1.54) is 0 Å². The molecule has 0 aliphatic rings. The molecule has 0 amide bonds.